The molecule has 0 saturated carbocycles. The van der Waals surface area contributed by atoms with Gasteiger partial charge < -0.3 is 4.90 Å². The maximum absolute atomic E-state index is 13.4. The van der Waals surface area contributed by atoms with Crippen molar-refractivity contribution in [1.29, 1.82) is 0 Å². The van der Waals surface area contributed by atoms with Crippen molar-refractivity contribution in [1.82, 2.24) is 25.3 Å². The van der Waals surface area contributed by atoms with Crippen LogP contribution < -0.4 is 16.4 Å². The summed E-state index contributed by atoms with van der Waals surface area (Å²) in [6.07, 6.45) is 4.39. The van der Waals surface area contributed by atoms with Gasteiger partial charge in [0, 0.05) is 38.6 Å². The van der Waals surface area contributed by atoms with E-state index in [9.17, 15) is 14.0 Å². The number of hydrogen-bond donors (Lipinski definition) is 2. The molecule has 2 N–H and O–H groups in total. The molecule has 7 nitrogen and oxygen atoms in total. The van der Waals surface area contributed by atoms with Crippen LogP contribution in [0.25, 0.3) is 10.9 Å². The molecule has 0 aliphatic carbocycles. The summed E-state index contributed by atoms with van der Waals surface area (Å²) in [7, 11) is 1.79. The third-order valence-corrected chi connectivity index (χ3v) is 6.00. The Bertz CT molecular complexity index is 1150. The van der Waals surface area contributed by atoms with Crippen molar-refractivity contribution in [2.45, 2.75) is 44.3 Å². The molecular formula is C24H28FN5O2. The number of hydrogen-bond acceptors (Lipinski definition) is 5. The molecule has 168 valence electrons. The molecule has 1 aliphatic rings. The van der Waals surface area contributed by atoms with Gasteiger partial charge in [0.1, 0.15) is 5.82 Å². The molecule has 2 aromatic carbocycles. The molecule has 0 spiro atoms. The molecule has 1 saturated heterocycles. The fourth-order valence-corrected chi connectivity index (χ4v) is 4.13. The summed E-state index contributed by atoms with van der Waals surface area (Å²) in [6, 6.07) is 14.2. The lowest BCUT2D eigenvalue weighted by atomic mass is 9.99. The topological polar surface area (TPSA) is 79.3 Å². The van der Waals surface area contributed by atoms with Crippen LogP contribution in [0.5, 0.6) is 0 Å². The third-order valence-electron chi connectivity index (χ3n) is 6.00. The molecule has 2 unspecified atom stereocenters. The van der Waals surface area contributed by atoms with E-state index >= 15 is 0 Å². The van der Waals surface area contributed by atoms with Crippen molar-refractivity contribution in [3.05, 3.63) is 76.6 Å². The molecule has 2 heterocycles. The SMILES string of the molecule is CN(CCCC1CC(c2cccc(F)c2)NN1)C(=O)CCn1cnc2ccccc2c1=O. The highest BCUT2D eigenvalue weighted by Gasteiger charge is 2.25. The van der Waals surface area contributed by atoms with Crippen LogP contribution in [0.3, 0.4) is 0 Å². The van der Waals surface area contributed by atoms with Gasteiger partial charge >= 0.3 is 0 Å². The molecule has 32 heavy (non-hydrogen) atoms. The van der Waals surface area contributed by atoms with Crippen LogP contribution in [0.1, 0.15) is 37.3 Å². The zero-order chi connectivity index (χ0) is 22.5. The van der Waals surface area contributed by atoms with Crippen LogP contribution in [0.4, 0.5) is 4.39 Å². The molecule has 4 rings (SSSR count). The van der Waals surface area contributed by atoms with Gasteiger partial charge in [-0.1, -0.05) is 24.3 Å². The maximum Gasteiger partial charge on any atom is 0.261 e. The van der Waals surface area contributed by atoms with Gasteiger partial charge in [-0.05, 0) is 49.1 Å². The molecule has 1 amide bonds. The highest BCUT2D eigenvalue weighted by molar-refractivity contribution is 5.77. The number of nitrogens with one attached hydrogen (secondary N) is 2. The van der Waals surface area contributed by atoms with Crippen LogP contribution in [-0.4, -0.2) is 40.0 Å². The van der Waals surface area contributed by atoms with E-state index in [-0.39, 0.29) is 35.8 Å². The first-order valence-corrected chi connectivity index (χ1v) is 11.0. The van der Waals surface area contributed by atoms with E-state index in [1.807, 2.05) is 18.2 Å². The van der Waals surface area contributed by atoms with Crippen molar-refractivity contribution in [3.8, 4) is 0 Å². The fourth-order valence-electron chi connectivity index (χ4n) is 4.13. The Hall–Kier alpha value is -3.10. The minimum absolute atomic E-state index is 0.000187. The van der Waals surface area contributed by atoms with E-state index in [1.54, 1.807) is 36.2 Å². The van der Waals surface area contributed by atoms with Crippen molar-refractivity contribution >= 4 is 16.8 Å². The first kappa shape index (κ1) is 22.1. The van der Waals surface area contributed by atoms with Gasteiger partial charge in [-0.3, -0.25) is 25.0 Å². The highest BCUT2D eigenvalue weighted by atomic mass is 19.1. The Morgan fingerprint density at radius 3 is 2.91 bits per heavy atom. The van der Waals surface area contributed by atoms with E-state index in [4.69, 9.17) is 0 Å². The molecule has 0 radical (unpaired) electrons. The molecule has 8 heteroatoms. The van der Waals surface area contributed by atoms with E-state index in [2.05, 4.69) is 15.8 Å². The number of aryl methyl sites for hydroxylation is 1. The van der Waals surface area contributed by atoms with Crippen LogP contribution in [-0.2, 0) is 11.3 Å². The number of nitrogens with zero attached hydrogens (tertiary/aromatic N) is 3. The zero-order valence-electron chi connectivity index (χ0n) is 18.1. The summed E-state index contributed by atoms with van der Waals surface area (Å²) < 4.78 is 14.9. The Kier molecular flexibility index (Phi) is 6.92. The summed E-state index contributed by atoms with van der Waals surface area (Å²) in [5.41, 5.74) is 7.97. The lowest BCUT2D eigenvalue weighted by Crippen LogP contribution is -2.33. The number of rotatable bonds is 8. The van der Waals surface area contributed by atoms with Crippen LogP contribution in [0.2, 0.25) is 0 Å². The first-order valence-electron chi connectivity index (χ1n) is 11.0. The van der Waals surface area contributed by atoms with Crippen LogP contribution in [0.15, 0.2) is 59.7 Å². The maximum atomic E-state index is 13.4. The summed E-state index contributed by atoms with van der Waals surface area (Å²) in [4.78, 5) is 31.1. The molecule has 1 aromatic heterocycles. The smallest absolute Gasteiger partial charge is 0.261 e. The number of benzene rings is 2. The van der Waals surface area contributed by atoms with Crippen molar-refractivity contribution in [2.24, 2.45) is 0 Å². The summed E-state index contributed by atoms with van der Waals surface area (Å²) in [5, 5.41) is 0.560. The lowest BCUT2D eigenvalue weighted by molar-refractivity contribution is -0.130. The molecule has 1 aliphatic heterocycles. The van der Waals surface area contributed by atoms with Gasteiger partial charge in [-0.25, -0.2) is 9.37 Å². The largest absolute Gasteiger partial charge is 0.346 e. The first-order chi connectivity index (χ1) is 15.5. The fraction of sp³-hybridized carbons (Fsp3) is 0.375. The van der Waals surface area contributed by atoms with E-state index < -0.39 is 0 Å². The minimum atomic E-state index is -0.227. The van der Waals surface area contributed by atoms with Gasteiger partial charge in [-0.15, -0.1) is 0 Å². The third kappa shape index (κ3) is 5.20. The number of carbonyl (C=O) groups is 1. The van der Waals surface area contributed by atoms with Crippen molar-refractivity contribution in [3.63, 3.8) is 0 Å². The average molecular weight is 438 g/mol. The highest BCUT2D eigenvalue weighted by Crippen LogP contribution is 2.24. The number of halogens is 1. The van der Waals surface area contributed by atoms with Crippen molar-refractivity contribution < 1.29 is 9.18 Å². The standard InChI is InChI=1S/C24H28FN5O2/c1-29(12-5-8-19-15-22(28-27-19)17-6-4-7-18(25)14-17)23(31)11-13-30-16-26-21-10-3-2-9-20(21)24(30)32/h2-4,6-7,9-10,14,16,19,22,27-28H,5,8,11-13,15H2,1H3. The number of aromatic nitrogens is 2. The summed E-state index contributed by atoms with van der Waals surface area (Å²) in [5.74, 6) is -0.227. The molecule has 3 aromatic rings. The lowest BCUT2D eigenvalue weighted by Gasteiger charge is -2.18. The predicted molar refractivity (Wildman–Crippen MR) is 121 cm³/mol. The quantitative estimate of drug-likeness (QED) is 0.567. The van der Waals surface area contributed by atoms with Gasteiger partial charge in [0.25, 0.3) is 5.56 Å². The predicted octanol–water partition coefficient (Wildman–Crippen LogP) is 2.77. The number of para-hydroxylation sites is 1. The zero-order valence-corrected chi connectivity index (χ0v) is 18.1. The monoisotopic (exact) mass is 437 g/mol. The van der Waals surface area contributed by atoms with Gasteiger partial charge in [0.05, 0.1) is 17.2 Å². The average Bonchev–Trinajstić information content (AvgIpc) is 3.27. The Morgan fingerprint density at radius 1 is 1.22 bits per heavy atom. The van der Waals surface area contributed by atoms with Gasteiger partial charge in [0.15, 0.2) is 0 Å². The Morgan fingerprint density at radius 2 is 2.06 bits per heavy atom. The second-order valence-electron chi connectivity index (χ2n) is 8.30. The second-order valence-corrected chi connectivity index (χ2v) is 8.30. The molecular weight excluding hydrogens is 409 g/mol. The van der Waals surface area contributed by atoms with Gasteiger partial charge in [0.2, 0.25) is 5.91 Å². The van der Waals surface area contributed by atoms with Gasteiger partial charge in [-0.2, -0.15) is 0 Å². The number of amides is 1. The molecule has 1 fully saturated rings. The minimum Gasteiger partial charge on any atom is -0.346 e. The van der Waals surface area contributed by atoms with Crippen molar-refractivity contribution in [2.75, 3.05) is 13.6 Å². The number of carbonyl (C=O) groups excluding carboxylic acids is 1. The number of fused-ring (bicyclic) bond motifs is 1. The van der Waals surface area contributed by atoms with E-state index in [0.717, 1.165) is 24.8 Å². The second kappa shape index (κ2) is 10.0. The number of hydrazine groups is 1. The Labute approximate surface area is 186 Å². The summed E-state index contributed by atoms with van der Waals surface area (Å²) in [6.45, 7) is 0.954. The molecule has 0 bridgehead atoms. The summed E-state index contributed by atoms with van der Waals surface area (Å²) >= 11 is 0. The molecule has 2 atom stereocenters. The van der Waals surface area contributed by atoms with Crippen LogP contribution >= 0.6 is 0 Å². The van der Waals surface area contributed by atoms with E-state index in [0.29, 0.717) is 24.0 Å². The normalized spacial score (nSPS) is 18.2. The Balaban J connectivity index is 1.21. The van der Waals surface area contributed by atoms with E-state index in [1.165, 1.54) is 17.0 Å². The van der Waals surface area contributed by atoms with Crippen LogP contribution in [0, 0.1) is 5.82 Å².